The van der Waals surface area contributed by atoms with Crippen LogP contribution in [-0.2, 0) is 13.5 Å². The summed E-state index contributed by atoms with van der Waals surface area (Å²) in [6, 6.07) is 8.51. The van der Waals surface area contributed by atoms with Crippen molar-refractivity contribution in [2.45, 2.75) is 27.2 Å². The summed E-state index contributed by atoms with van der Waals surface area (Å²) in [5, 5.41) is 2.17. The van der Waals surface area contributed by atoms with Crippen LogP contribution in [0.2, 0.25) is 0 Å². The van der Waals surface area contributed by atoms with E-state index in [1.54, 1.807) is 6.26 Å². The van der Waals surface area contributed by atoms with Gasteiger partial charge in [0.15, 0.2) is 5.75 Å². The number of aromatic nitrogens is 1. The molecule has 4 heterocycles. The molecule has 1 aromatic carbocycles. The molecule has 0 unspecified atom stereocenters. The van der Waals surface area contributed by atoms with Crippen LogP contribution < -0.4 is 9.30 Å². The van der Waals surface area contributed by atoms with Crippen LogP contribution in [0.1, 0.15) is 25.2 Å². The molecular weight excluding hydrogens is 314 g/mol. The molecule has 0 radical (unpaired) electrons. The SMILES string of the molecule is Cc1oc2occ3c2c1-c1c(c(CC(C)C)c2ccccc2[n+]1C)O3. The van der Waals surface area contributed by atoms with Crippen LogP contribution in [0.15, 0.2) is 39.4 Å². The first-order chi connectivity index (χ1) is 12.1. The van der Waals surface area contributed by atoms with Crippen molar-refractivity contribution in [3.63, 3.8) is 0 Å². The number of fused-ring (bicyclic) bond motifs is 3. The summed E-state index contributed by atoms with van der Waals surface area (Å²) in [5.41, 5.74) is 4.60. The highest BCUT2D eigenvalue weighted by Gasteiger charge is 2.37. The summed E-state index contributed by atoms with van der Waals surface area (Å²) in [6.45, 7) is 6.46. The Hall–Kier alpha value is -2.75. The minimum Gasteiger partial charge on any atom is -0.446 e. The lowest BCUT2D eigenvalue weighted by Gasteiger charge is -2.19. The molecule has 0 amide bonds. The molecule has 1 aliphatic heterocycles. The van der Waals surface area contributed by atoms with E-state index >= 15 is 0 Å². The van der Waals surface area contributed by atoms with Gasteiger partial charge in [-0.3, -0.25) is 0 Å². The van der Waals surface area contributed by atoms with Gasteiger partial charge in [-0.1, -0.05) is 26.0 Å². The van der Waals surface area contributed by atoms with Gasteiger partial charge in [0.25, 0.3) is 5.69 Å². The minimum atomic E-state index is 0.528. The fraction of sp³-hybridized carbons (Fsp3) is 0.286. The summed E-state index contributed by atoms with van der Waals surface area (Å²) in [6.07, 6.45) is 2.60. The Balaban J connectivity index is 1.97. The zero-order valence-corrected chi connectivity index (χ0v) is 14.8. The number of rotatable bonds is 2. The number of hydrogen-bond acceptors (Lipinski definition) is 3. The van der Waals surface area contributed by atoms with E-state index < -0.39 is 0 Å². The number of para-hydroxylation sites is 1. The van der Waals surface area contributed by atoms with Gasteiger partial charge in [-0.15, -0.1) is 0 Å². The van der Waals surface area contributed by atoms with Crippen molar-refractivity contribution < 1.29 is 18.1 Å². The first-order valence-corrected chi connectivity index (χ1v) is 8.68. The van der Waals surface area contributed by atoms with Crippen LogP contribution in [-0.4, -0.2) is 0 Å². The Morgan fingerprint density at radius 3 is 2.76 bits per heavy atom. The maximum absolute atomic E-state index is 6.35. The maximum Gasteiger partial charge on any atom is 0.302 e. The number of hydrogen-bond donors (Lipinski definition) is 0. The van der Waals surface area contributed by atoms with Gasteiger partial charge in [-0.25, -0.2) is 0 Å². The topological polar surface area (TPSA) is 39.4 Å². The van der Waals surface area contributed by atoms with Crippen molar-refractivity contribution >= 4 is 22.1 Å². The second kappa shape index (κ2) is 4.88. The minimum absolute atomic E-state index is 0.528. The summed E-state index contributed by atoms with van der Waals surface area (Å²) in [4.78, 5) is 0. The average molecular weight is 334 g/mol. The van der Waals surface area contributed by atoms with E-state index in [0.29, 0.717) is 11.7 Å². The van der Waals surface area contributed by atoms with E-state index in [1.807, 2.05) is 6.92 Å². The van der Waals surface area contributed by atoms with Crippen LogP contribution in [0.4, 0.5) is 0 Å². The quantitative estimate of drug-likeness (QED) is 0.412. The maximum atomic E-state index is 6.35. The largest absolute Gasteiger partial charge is 0.446 e. The molecule has 0 N–H and O–H groups in total. The number of pyridine rings is 1. The molecule has 0 saturated carbocycles. The van der Waals surface area contributed by atoms with E-state index in [2.05, 4.69) is 49.7 Å². The lowest BCUT2D eigenvalue weighted by molar-refractivity contribution is -0.633. The van der Waals surface area contributed by atoms with Gasteiger partial charge in [-0.2, -0.15) is 4.57 Å². The van der Waals surface area contributed by atoms with Gasteiger partial charge < -0.3 is 13.6 Å². The van der Waals surface area contributed by atoms with Crippen molar-refractivity contribution in [2.75, 3.05) is 0 Å². The molecule has 0 bridgehead atoms. The smallest absolute Gasteiger partial charge is 0.302 e. The zero-order chi connectivity index (χ0) is 17.3. The molecule has 25 heavy (non-hydrogen) atoms. The number of nitrogens with zero attached hydrogens (tertiary/aromatic N) is 1. The van der Waals surface area contributed by atoms with E-state index in [-0.39, 0.29) is 0 Å². The lowest BCUT2D eigenvalue weighted by Crippen LogP contribution is -2.34. The first-order valence-electron chi connectivity index (χ1n) is 8.68. The Labute approximate surface area is 145 Å². The Kier molecular flexibility index (Phi) is 2.85. The lowest BCUT2D eigenvalue weighted by atomic mass is 9.93. The average Bonchev–Trinajstić information content (AvgIpc) is 3.14. The third kappa shape index (κ3) is 1.85. The van der Waals surface area contributed by atoms with Crippen molar-refractivity contribution in [2.24, 2.45) is 13.0 Å². The van der Waals surface area contributed by atoms with E-state index in [1.165, 1.54) is 16.5 Å². The first kappa shape index (κ1) is 14.6. The number of furan rings is 2. The molecule has 0 fully saturated rings. The molecule has 4 heteroatoms. The molecule has 3 aromatic heterocycles. The second-order valence-corrected chi connectivity index (χ2v) is 7.23. The molecule has 4 aromatic rings. The molecular formula is C21H20NO3+. The molecule has 126 valence electrons. The van der Waals surface area contributed by atoms with Gasteiger partial charge >= 0.3 is 5.78 Å². The van der Waals surface area contributed by atoms with Crippen molar-refractivity contribution in [1.29, 1.82) is 0 Å². The van der Waals surface area contributed by atoms with Gasteiger partial charge in [0.1, 0.15) is 30.0 Å². The van der Waals surface area contributed by atoms with E-state index in [9.17, 15) is 0 Å². The third-order valence-electron chi connectivity index (χ3n) is 5.05. The van der Waals surface area contributed by atoms with E-state index in [0.717, 1.165) is 40.3 Å². The number of aryl methyl sites for hydroxylation is 2. The normalized spacial score (nSPS) is 12.8. The zero-order valence-electron chi connectivity index (χ0n) is 14.8. The molecule has 0 spiro atoms. The highest BCUT2D eigenvalue weighted by molar-refractivity contribution is 6.01. The predicted molar refractivity (Wildman–Crippen MR) is 96.0 cm³/mol. The highest BCUT2D eigenvalue weighted by atomic mass is 16.5. The van der Waals surface area contributed by atoms with Crippen molar-refractivity contribution in [3.8, 4) is 22.8 Å². The summed E-state index contributed by atoms with van der Waals surface area (Å²) in [5.74, 6) is 3.59. The van der Waals surface area contributed by atoms with Gasteiger partial charge in [0, 0.05) is 11.6 Å². The Morgan fingerprint density at radius 1 is 1.16 bits per heavy atom. The molecule has 4 nitrogen and oxygen atoms in total. The van der Waals surface area contributed by atoms with Crippen LogP contribution in [0.25, 0.3) is 33.3 Å². The summed E-state index contributed by atoms with van der Waals surface area (Å²) < 4.78 is 20.0. The Morgan fingerprint density at radius 2 is 1.96 bits per heavy atom. The number of benzene rings is 1. The number of ether oxygens (including phenoxy) is 1. The van der Waals surface area contributed by atoms with Gasteiger partial charge in [-0.05, 0) is 25.3 Å². The third-order valence-corrected chi connectivity index (χ3v) is 5.05. The fourth-order valence-corrected chi connectivity index (χ4v) is 4.02. The summed E-state index contributed by atoms with van der Waals surface area (Å²) >= 11 is 0. The standard InChI is InChI=1S/C21H20NO3/c1-11(2)9-14-13-7-5-6-8-15(13)22(4)19-17-12(3)24-21-18(17)16(10-23-21)25-20(14)19/h5-8,10-11H,9H2,1-4H3/q+1. The molecule has 5 rings (SSSR count). The molecule has 0 aliphatic carbocycles. The van der Waals surface area contributed by atoms with E-state index in [4.69, 9.17) is 13.6 Å². The van der Waals surface area contributed by atoms with Crippen LogP contribution >= 0.6 is 0 Å². The Bertz CT molecular complexity index is 1150. The van der Waals surface area contributed by atoms with Gasteiger partial charge in [0.05, 0.1) is 5.39 Å². The molecule has 0 atom stereocenters. The molecule has 0 saturated heterocycles. The second-order valence-electron chi connectivity index (χ2n) is 7.23. The van der Waals surface area contributed by atoms with Crippen LogP contribution in [0, 0.1) is 12.8 Å². The molecule has 1 aliphatic rings. The fourth-order valence-electron chi connectivity index (χ4n) is 4.02. The van der Waals surface area contributed by atoms with Crippen LogP contribution in [0.3, 0.4) is 0 Å². The highest BCUT2D eigenvalue weighted by Crippen LogP contribution is 2.51. The predicted octanol–water partition coefficient (Wildman–Crippen LogP) is 5.28. The van der Waals surface area contributed by atoms with Crippen LogP contribution in [0.5, 0.6) is 11.5 Å². The monoisotopic (exact) mass is 334 g/mol. The van der Waals surface area contributed by atoms with Crippen molar-refractivity contribution in [3.05, 3.63) is 41.9 Å². The van der Waals surface area contributed by atoms with Gasteiger partial charge in [0.2, 0.25) is 11.3 Å². The van der Waals surface area contributed by atoms with Crippen molar-refractivity contribution in [1.82, 2.24) is 0 Å². The summed E-state index contributed by atoms with van der Waals surface area (Å²) in [7, 11) is 2.09.